The third-order valence-electron chi connectivity index (χ3n) is 16.8. The van der Waals surface area contributed by atoms with Gasteiger partial charge in [-0.1, -0.05) is 127 Å². The number of ether oxygens (including phenoxy) is 12. The molecule has 125 heavy (non-hydrogen) atoms. The first-order valence-electron chi connectivity index (χ1n) is 39.0. The monoisotopic (exact) mass is 1770 g/mol. The Morgan fingerprint density at radius 3 is 1.22 bits per heavy atom. The van der Waals surface area contributed by atoms with Crippen molar-refractivity contribution in [2.45, 2.75) is 227 Å². The van der Waals surface area contributed by atoms with E-state index in [0.717, 1.165) is 63.9 Å². The number of carbonyl (C=O) groups is 22. The minimum atomic E-state index is -0.715. The first-order chi connectivity index (χ1) is 59.0. The van der Waals surface area contributed by atoms with Crippen molar-refractivity contribution in [2.24, 2.45) is 22.2 Å². The number of rotatable bonds is 63. The lowest BCUT2D eigenvalue weighted by molar-refractivity contribution is -0.146. The van der Waals surface area contributed by atoms with E-state index >= 15 is 0 Å². The summed E-state index contributed by atoms with van der Waals surface area (Å²) in [6.07, 6.45) is 26.3. The second kappa shape index (κ2) is 86.6. The van der Waals surface area contributed by atoms with Gasteiger partial charge in [-0.2, -0.15) is 0 Å². The Labute approximate surface area is 735 Å². The molecule has 0 heterocycles. The van der Waals surface area contributed by atoms with Gasteiger partial charge < -0.3 is 56.8 Å². The normalized spacial score (nSPS) is 12.8. The van der Waals surface area contributed by atoms with E-state index in [2.05, 4.69) is 115 Å². The van der Waals surface area contributed by atoms with Crippen LogP contribution in [0.25, 0.3) is 0 Å². The van der Waals surface area contributed by atoms with Gasteiger partial charge in [-0.05, 0) is 158 Å². The molecule has 0 spiro atoms. The minimum absolute atomic E-state index is 0.0150. The van der Waals surface area contributed by atoms with Crippen molar-refractivity contribution in [1.82, 2.24) is 0 Å². The lowest BCUT2D eigenvalue weighted by Gasteiger charge is -2.26. The highest BCUT2D eigenvalue weighted by atomic mass is 16.7. The molecule has 0 amide bonds. The highest BCUT2D eigenvalue weighted by Gasteiger charge is 2.38. The summed E-state index contributed by atoms with van der Waals surface area (Å²) in [5.41, 5.74) is -2.57. The maximum atomic E-state index is 11.3. The average molecular weight is 1770 g/mol. The van der Waals surface area contributed by atoms with Crippen molar-refractivity contribution in [2.75, 3.05) is 53.0 Å². The predicted molar refractivity (Wildman–Crippen MR) is 462 cm³/mol. The quantitative estimate of drug-likeness (QED) is 0.0179. The van der Waals surface area contributed by atoms with E-state index in [9.17, 15) is 105 Å². The molecule has 0 aromatic heterocycles. The van der Waals surface area contributed by atoms with Crippen LogP contribution in [0.4, 0.5) is 0 Å². The van der Waals surface area contributed by atoms with Gasteiger partial charge in [-0.25, -0.2) is 0 Å². The molecular weight excluding hydrogens is 1640 g/mol. The molecule has 0 aliphatic heterocycles. The van der Waals surface area contributed by atoms with Crippen LogP contribution in [0.3, 0.4) is 0 Å². The van der Waals surface area contributed by atoms with Crippen molar-refractivity contribution < 1.29 is 162 Å². The topological polar surface area (TPSA) is 486 Å². The zero-order valence-electron chi connectivity index (χ0n) is 74.5. The van der Waals surface area contributed by atoms with E-state index in [1.165, 1.54) is 60.8 Å². The van der Waals surface area contributed by atoms with Crippen LogP contribution in [0.5, 0.6) is 0 Å². The molecular formula is C91H134O34. The van der Waals surface area contributed by atoms with Gasteiger partial charge in [0.1, 0.15) is 29.5 Å². The van der Waals surface area contributed by atoms with E-state index in [4.69, 9.17) is 14.2 Å². The summed E-state index contributed by atoms with van der Waals surface area (Å²) >= 11 is 0. The summed E-state index contributed by atoms with van der Waals surface area (Å²) in [6, 6.07) is 0. The van der Waals surface area contributed by atoms with E-state index in [0.29, 0.717) is 129 Å². The second-order valence-corrected chi connectivity index (χ2v) is 28.8. The van der Waals surface area contributed by atoms with Gasteiger partial charge >= 0.3 is 0 Å². The van der Waals surface area contributed by atoms with Crippen LogP contribution < -0.4 is 0 Å². The largest absolute Gasteiger partial charge is 0.468 e. The second-order valence-electron chi connectivity index (χ2n) is 28.8. The van der Waals surface area contributed by atoms with Crippen LogP contribution in [-0.4, -0.2) is 211 Å². The van der Waals surface area contributed by atoms with Crippen LogP contribution in [0.2, 0.25) is 0 Å². The first kappa shape index (κ1) is 131. The van der Waals surface area contributed by atoms with Gasteiger partial charge in [0.25, 0.3) is 71.2 Å². The average Bonchev–Trinajstić information content (AvgIpc) is 1.72. The highest BCUT2D eigenvalue weighted by Crippen LogP contribution is 2.41. The zero-order chi connectivity index (χ0) is 98.1. The maximum absolute atomic E-state index is 11.3. The summed E-state index contributed by atoms with van der Waals surface area (Å²) in [5, 5.41) is 0. The van der Waals surface area contributed by atoms with Gasteiger partial charge in [-0.15, -0.1) is 0 Å². The summed E-state index contributed by atoms with van der Waals surface area (Å²) < 4.78 is 54.8. The third-order valence-corrected chi connectivity index (χ3v) is 16.8. The van der Waals surface area contributed by atoms with Crippen molar-refractivity contribution in [3.05, 3.63) is 139 Å². The van der Waals surface area contributed by atoms with Gasteiger partial charge in [0.15, 0.2) is 70.4 Å². The smallest absolute Gasteiger partial charge is 0.295 e. The van der Waals surface area contributed by atoms with Crippen LogP contribution in [0.15, 0.2) is 139 Å². The fourth-order valence-electron chi connectivity index (χ4n) is 9.59. The molecule has 0 aromatic carbocycles. The van der Waals surface area contributed by atoms with Crippen molar-refractivity contribution in [1.29, 1.82) is 0 Å². The molecule has 4 unspecified atom stereocenters. The molecule has 2 saturated carbocycles. The van der Waals surface area contributed by atoms with E-state index < -0.39 is 16.8 Å². The summed E-state index contributed by atoms with van der Waals surface area (Å²) in [4.78, 5) is 227. The first-order valence-corrected chi connectivity index (χ1v) is 39.0. The summed E-state index contributed by atoms with van der Waals surface area (Å²) in [5.74, 6) is -0.732. The van der Waals surface area contributed by atoms with Crippen LogP contribution in [0.1, 0.15) is 204 Å². The number of allylic oxidation sites excluding steroid dienone is 10. The number of hydrogen-bond acceptors (Lipinski definition) is 34. The fraction of sp³-hybridized carbons (Fsp3) is 0.516. The zero-order valence-corrected chi connectivity index (χ0v) is 74.5. The van der Waals surface area contributed by atoms with Crippen molar-refractivity contribution in [3.63, 3.8) is 0 Å². The highest BCUT2D eigenvalue weighted by molar-refractivity contribution is 5.93. The molecule has 34 nitrogen and oxygen atoms in total. The molecule has 34 heteroatoms. The van der Waals surface area contributed by atoms with E-state index in [1.54, 1.807) is 27.7 Å². The molecule has 2 fully saturated rings. The van der Waals surface area contributed by atoms with Gasteiger partial charge in [0.05, 0.1) is 46.1 Å². The SMILES string of the molecule is C=CC(=O)CC(C)(C)COC=O.C=CC(=O)CC(C)(C)OC=O.C=CC(=O)CC(C)(CC)COC=O.C=CC(=O)CC(C)(CC)OC=O.C=CC(=O)CC(C)COC=O.C=CC(=O)CC(C)OC=O.C=CC(=O)CC1(COC=O)CCCC1.C=CC(=O)CC1(OC=O)CCCC1.C=CC(=O)CCCOC=O.C=CC(=O)CCOC=O.C=CC(=O)COCOC=O. The van der Waals surface area contributed by atoms with E-state index in [1.807, 2.05) is 41.5 Å². The molecule has 4 atom stereocenters. The van der Waals surface area contributed by atoms with Crippen molar-refractivity contribution in [3.8, 4) is 0 Å². The van der Waals surface area contributed by atoms with Crippen molar-refractivity contribution >= 4 is 135 Å². The Balaban J connectivity index is -0.000000170. The van der Waals surface area contributed by atoms with Gasteiger partial charge in [0.2, 0.25) is 0 Å². The standard InChI is InChI=1S/C11H16O3.C10H14O3.C10H16O3.2C9H14O3.2C8H12O3.2C7H10O3.C6H8O4.C6H8O3/c1-2-10(13)7-11(8-14-9-12)5-3-4-6-11;1-2-9(12)7-10(13-8-11)5-3-4-6-10;1-4-9(12)6-10(3,5-2)7-13-8-11;1-4-8(11)5-9(2,3)6-12-7-10;1-4-8(11)6-9(3,5-2)12-7-10;1-4-7(10)5-8(2,3)11-6-9;1-3-8(10)4-7(2)5-11-6-9;1-3-7(9)4-6(2)10-5-8;1-2-7(9)4-3-5-10-6-8;1-2-6(8)3-9-5-10-4-7;1-2-6(8)3-4-9-5-7/h2,9H,1,3-8H2;2,8H,1,3-7H2;4,8H,1,5-7H2,2-3H3;2*4,7H,1,5-6H2,2-3H3;4,6H,1,5H2,2-3H3;3,6-7H,1,4-5H2,2H3;3,5-6H,1,4H2,2H3;2,6H,1,3-5H2;2,4H,1,3,5H2;2,5H,1,3-4H2. The molecule has 0 aromatic rings. The fourth-order valence-corrected chi connectivity index (χ4v) is 9.59. The number of ketones is 11. The van der Waals surface area contributed by atoms with Crippen LogP contribution in [-0.2, 0) is 162 Å². The lowest BCUT2D eigenvalue weighted by atomic mass is 9.82. The van der Waals surface area contributed by atoms with E-state index in [-0.39, 0.29) is 164 Å². The van der Waals surface area contributed by atoms with Crippen LogP contribution in [0, 0.1) is 22.2 Å². The molecule has 0 bridgehead atoms. The molecule has 2 rings (SSSR count). The molecule has 2 aliphatic rings. The summed E-state index contributed by atoms with van der Waals surface area (Å²) in [7, 11) is 0. The molecule has 702 valence electrons. The Morgan fingerprint density at radius 1 is 0.376 bits per heavy atom. The third kappa shape index (κ3) is 89.2. The van der Waals surface area contributed by atoms with Gasteiger partial charge in [0, 0.05) is 74.0 Å². The Kier molecular flexibility index (Phi) is 90.5. The molecule has 0 radical (unpaired) electrons. The number of carbonyl (C=O) groups excluding carboxylic acids is 22. The maximum Gasteiger partial charge on any atom is 0.295 e. The lowest BCUT2D eigenvalue weighted by Crippen LogP contribution is -2.31. The Bertz CT molecular complexity index is 3290. The molecule has 0 saturated heterocycles. The Hall–Kier alpha value is -12.4. The van der Waals surface area contributed by atoms with Gasteiger partial charge in [-0.3, -0.25) is 105 Å². The number of hydrogen-bond donors (Lipinski definition) is 0. The molecule has 0 N–H and O–H groups in total. The van der Waals surface area contributed by atoms with Crippen LogP contribution >= 0.6 is 0 Å². The minimum Gasteiger partial charge on any atom is -0.468 e. The molecule has 2 aliphatic carbocycles. The Morgan fingerprint density at radius 2 is 0.792 bits per heavy atom. The predicted octanol–water partition coefficient (Wildman–Crippen LogP) is 11.6. The summed E-state index contributed by atoms with van der Waals surface area (Å²) in [6.45, 7) is 60.1.